The van der Waals surface area contributed by atoms with Gasteiger partial charge in [-0.05, 0) is 53.9 Å². The van der Waals surface area contributed by atoms with Gasteiger partial charge in [0.05, 0.1) is 0 Å². The van der Waals surface area contributed by atoms with Gasteiger partial charge in [-0.15, -0.1) is 0 Å². The molecule has 1 aromatic rings. The molecule has 0 saturated heterocycles. The van der Waals surface area contributed by atoms with E-state index in [1.807, 2.05) is 6.26 Å². The number of nitrogens with one attached hydrogen (secondary N) is 1. The van der Waals surface area contributed by atoms with Gasteiger partial charge in [-0.2, -0.15) is 11.8 Å². The van der Waals surface area contributed by atoms with Crippen LogP contribution in [0.25, 0.3) is 0 Å². The van der Waals surface area contributed by atoms with Crippen LogP contribution in [0.3, 0.4) is 0 Å². The van der Waals surface area contributed by atoms with E-state index < -0.39 is 26.6 Å². The first-order chi connectivity index (χ1) is 9.83. The number of benzene rings is 1. The number of hydrogen-bond donors (Lipinski definition) is 1. The maximum absolute atomic E-state index is 13.8. The fourth-order valence-electron chi connectivity index (χ4n) is 2.48. The van der Waals surface area contributed by atoms with Gasteiger partial charge in [0.2, 0.25) is 10.0 Å². The second kappa shape index (κ2) is 6.93. The van der Waals surface area contributed by atoms with Gasteiger partial charge < -0.3 is 0 Å². The topological polar surface area (TPSA) is 46.2 Å². The molecule has 2 rings (SSSR count). The molecule has 1 N–H and O–H groups in total. The third-order valence-electron chi connectivity index (χ3n) is 3.56. The SMILES string of the molecule is CSC1CCC(NS(=O)(=O)c2c(F)cc(F)cc2Br)CC1. The Balaban J connectivity index is 2.16. The van der Waals surface area contributed by atoms with Gasteiger partial charge in [0.25, 0.3) is 0 Å². The first kappa shape index (κ1) is 17.2. The number of halogens is 3. The van der Waals surface area contributed by atoms with Crippen LogP contribution in [0.1, 0.15) is 25.7 Å². The zero-order valence-electron chi connectivity index (χ0n) is 11.4. The van der Waals surface area contributed by atoms with Gasteiger partial charge >= 0.3 is 0 Å². The molecule has 1 saturated carbocycles. The molecule has 0 heterocycles. The Bertz CT molecular complexity index is 594. The van der Waals surface area contributed by atoms with Crippen LogP contribution in [0.4, 0.5) is 8.78 Å². The first-order valence-corrected chi connectivity index (χ1v) is 10.1. The molecule has 118 valence electrons. The summed E-state index contributed by atoms with van der Waals surface area (Å²) in [6.07, 6.45) is 5.36. The smallest absolute Gasteiger partial charge is 0.208 e. The van der Waals surface area contributed by atoms with Crippen LogP contribution < -0.4 is 4.72 Å². The van der Waals surface area contributed by atoms with Gasteiger partial charge in [-0.1, -0.05) is 0 Å². The second-order valence-electron chi connectivity index (χ2n) is 5.03. The average Bonchev–Trinajstić information content (AvgIpc) is 2.37. The van der Waals surface area contributed by atoms with Gasteiger partial charge in [-0.25, -0.2) is 21.9 Å². The summed E-state index contributed by atoms with van der Waals surface area (Å²) in [5.41, 5.74) is 0. The quantitative estimate of drug-likeness (QED) is 0.839. The van der Waals surface area contributed by atoms with Gasteiger partial charge in [0.1, 0.15) is 16.5 Å². The van der Waals surface area contributed by atoms with E-state index >= 15 is 0 Å². The van der Waals surface area contributed by atoms with E-state index in [1.54, 1.807) is 11.8 Å². The van der Waals surface area contributed by atoms with Crippen LogP contribution in [0, 0.1) is 11.6 Å². The molecule has 1 aromatic carbocycles. The van der Waals surface area contributed by atoms with E-state index in [-0.39, 0.29) is 10.5 Å². The molecule has 1 aliphatic rings. The van der Waals surface area contributed by atoms with Crippen LogP contribution in [-0.2, 0) is 10.0 Å². The van der Waals surface area contributed by atoms with E-state index in [2.05, 4.69) is 20.7 Å². The van der Waals surface area contributed by atoms with Crippen molar-refractivity contribution in [2.24, 2.45) is 0 Å². The Hall–Kier alpha value is -0.180. The predicted molar refractivity (Wildman–Crippen MR) is 83.9 cm³/mol. The zero-order valence-corrected chi connectivity index (χ0v) is 14.6. The molecular formula is C13H16BrF2NO2S2. The fraction of sp³-hybridized carbons (Fsp3) is 0.538. The molecule has 0 amide bonds. The van der Waals surface area contributed by atoms with Crippen molar-refractivity contribution in [1.82, 2.24) is 4.72 Å². The molecule has 8 heteroatoms. The number of hydrogen-bond acceptors (Lipinski definition) is 3. The summed E-state index contributed by atoms with van der Waals surface area (Å²) in [5, 5.41) is 0.556. The van der Waals surface area contributed by atoms with E-state index in [1.165, 1.54) is 0 Å². The molecule has 0 spiro atoms. The predicted octanol–water partition coefficient (Wildman–Crippen LogP) is 3.68. The Labute approximate surface area is 136 Å². The third-order valence-corrected chi connectivity index (χ3v) is 7.18. The van der Waals surface area contributed by atoms with E-state index in [0.29, 0.717) is 11.3 Å². The number of sulfonamides is 1. The van der Waals surface area contributed by atoms with Crippen molar-refractivity contribution in [2.45, 2.75) is 41.9 Å². The molecule has 0 radical (unpaired) electrons. The van der Waals surface area contributed by atoms with E-state index in [9.17, 15) is 17.2 Å². The van der Waals surface area contributed by atoms with Crippen LogP contribution in [0.15, 0.2) is 21.5 Å². The molecular weight excluding hydrogens is 384 g/mol. The standard InChI is InChI=1S/C13H16BrF2NO2S2/c1-20-10-4-2-9(3-5-10)17-21(18,19)13-11(14)6-8(15)7-12(13)16/h6-7,9-10,17H,2-5H2,1H3. The van der Waals surface area contributed by atoms with Crippen LogP contribution in [0.2, 0.25) is 0 Å². The molecule has 1 fully saturated rings. The lowest BCUT2D eigenvalue weighted by Crippen LogP contribution is -2.38. The van der Waals surface area contributed by atoms with Gasteiger partial charge in [0, 0.05) is 21.8 Å². The molecule has 0 unspecified atom stereocenters. The Morgan fingerprint density at radius 2 is 1.86 bits per heavy atom. The lowest BCUT2D eigenvalue weighted by molar-refractivity contribution is 0.418. The summed E-state index contributed by atoms with van der Waals surface area (Å²) in [7, 11) is -4.01. The number of rotatable bonds is 4. The maximum atomic E-state index is 13.8. The van der Waals surface area contributed by atoms with Crippen LogP contribution >= 0.6 is 27.7 Å². The highest BCUT2D eigenvalue weighted by molar-refractivity contribution is 9.10. The minimum atomic E-state index is -4.01. The number of thioether (sulfide) groups is 1. The van der Waals surface area contributed by atoms with Crippen molar-refractivity contribution in [2.75, 3.05) is 6.26 Å². The Morgan fingerprint density at radius 3 is 2.38 bits per heavy atom. The van der Waals surface area contributed by atoms with E-state index in [0.717, 1.165) is 31.7 Å². The maximum Gasteiger partial charge on any atom is 0.244 e. The molecule has 21 heavy (non-hydrogen) atoms. The largest absolute Gasteiger partial charge is 0.244 e. The monoisotopic (exact) mass is 399 g/mol. The average molecular weight is 400 g/mol. The van der Waals surface area contributed by atoms with Crippen molar-refractivity contribution < 1.29 is 17.2 Å². The van der Waals surface area contributed by atoms with E-state index in [4.69, 9.17) is 0 Å². The van der Waals surface area contributed by atoms with Crippen molar-refractivity contribution in [1.29, 1.82) is 0 Å². The van der Waals surface area contributed by atoms with Gasteiger partial charge in [0.15, 0.2) is 0 Å². The first-order valence-electron chi connectivity index (χ1n) is 6.53. The van der Waals surface area contributed by atoms with Crippen molar-refractivity contribution >= 4 is 37.7 Å². The van der Waals surface area contributed by atoms with Crippen molar-refractivity contribution in [3.05, 3.63) is 28.2 Å². The Morgan fingerprint density at radius 1 is 1.24 bits per heavy atom. The normalized spacial score (nSPS) is 23.2. The molecule has 1 aliphatic carbocycles. The lowest BCUT2D eigenvalue weighted by atomic mass is 9.96. The summed E-state index contributed by atoms with van der Waals surface area (Å²) < 4.78 is 53.8. The highest BCUT2D eigenvalue weighted by Crippen LogP contribution is 2.30. The molecule has 0 aliphatic heterocycles. The molecule has 0 aromatic heterocycles. The summed E-state index contributed by atoms with van der Waals surface area (Å²) >= 11 is 4.70. The third kappa shape index (κ3) is 4.18. The van der Waals surface area contributed by atoms with Crippen LogP contribution in [-0.4, -0.2) is 26.0 Å². The lowest BCUT2D eigenvalue weighted by Gasteiger charge is -2.28. The minimum absolute atomic E-state index is 0.106. The minimum Gasteiger partial charge on any atom is -0.208 e. The molecule has 3 nitrogen and oxygen atoms in total. The van der Waals surface area contributed by atoms with Gasteiger partial charge in [-0.3, -0.25) is 0 Å². The highest BCUT2D eigenvalue weighted by atomic mass is 79.9. The summed E-state index contributed by atoms with van der Waals surface area (Å²) in [6, 6.07) is 1.32. The summed E-state index contributed by atoms with van der Waals surface area (Å²) in [4.78, 5) is -0.532. The Kier molecular flexibility index (Phi) is 5.67. The zero-order chi connectivity index (χ0) is 15.6. The fourth-order valence-corrected chi connectivity index (χ4v) is 5.70. The van der Waals surface area contributed by atoms with Crippen LogP contribution in [0.5, 0.6) is 0 Å². The highest BCUT2D eigenvalue weighted by Gasteiger charge is 2.29. The van der Waals surface area contributed by atoms with Crippen molar-refractivity contribution in [3.8, 4) is 0 Å². The summed E-state index contributed by atoms with van der Waals surface area (Å²) in [6.45, 7) is 0. The summed E-state index contributed by atoms with van der Waals surface area (Å²) in [5.74, 6) is -1.91. The molecule has 0 bridgehead atoms. The van der Waals surface area contributed by atoms with Crippen molar-refractivity contribution in [3.63, 3.8) is 0 Å². The molecule has 0 atom stereocenters. The second-order valence-corrected chi connectivity index (χ2v) is 8.67.